The number of methoxy groups -OCH3 is 1. The van der Waals surface area contributed by atoms with Gasteiger partial charge in [-0.2, -0.15) is 0 Å². The summed E-state index contributed by atoms with van der Waals surface area (Å²) < 4.78 is 24.0. The number of carbonyl (C=O) groups excluding carboxylic acids is 3. The zero-order chi connectivity index (χ0) is 44.0. The summed E-state index contributed by atoms with van der Waals surface area (Å²) in [6, 6.07) is 0. The first-order valence-electron chi connectivity index (χ1n) is 20.9. The first-order valence-corrected chi connectivity index (χ1v) is 20.9. The summed E-state index contributed by atoms with van der Waals surface area (Å²) in [7, 11) is 1.47. The molecule has 4 heterocycles. The Morgan fingerprint density at radius 3 is 2.27 bits per heavy atom. The number of Topliss-reactive ketones (excluding diaryl/α,β-unsaturated/α-hetero) is 1. The highest BCUT2D eigenvalue weighted by atomic mass is 16.7. The summed E-state index contributed by atoms with van der Waals surface area (Å²) in [5.74, 6) is -6.89. The number of hydrogen-bond donors (Lipinski definition) is 5. The van der Waals surface area contributed by atoms with Crippen LogP contribution in [0.2, 0.25) is 0 Å². The molecule has 0 aliphatic carbocycles. The Balaban J connectivity index is 1.54. The number of phenols is 2. The molecule has 1 amide bonds. The van der Waals surface area contributed by atoms with E-state index in [0.717, 1.165) is 13.0 Å². The summed E-state index contributed by atoms with van der Waals surface area (Å²) in [6.07, 6.45) is 6.04. The van der Waals surface area contributed by atoms with Gasteiger partial charge in [0.05, 0.1) is 40.9 Å². The number of rotatable bonds is 4. The first-order chi connectivity index (χ1) is 28.3. The maximum absolute atomic E-state index is 14.7. The minimum atomic E-state index is -1.95. The lowest BCUT2D eigenvalue weighted by molar-refractivity contribution is -0.160. The number of likely N-dealkylation sites (tertiary alicyclic amines) is 1. The zero-order valence-electron chi connectivity index (χ0n) is 36.2. The van der Waals surface area contributed by atoms with E-state index < -0.39 is 82.9 Å². The molecule has 2 aromatic rings. The number of amides is 1. The number of ether oxygens (including phenoxy) is 4. The van der Waals surface area contributed by atoms with Gasteiger partial charge in [-0.15, -0.1) is 0 Å². The number of fused-ring (bicyclic) bond motifs is 1. The number of aliphatic hydroxyl groups is 2. The molecule has 4 aliphatic heterocycles. The fourth-order valence-electron chi connectivity index (χ4n) is 9.04. The van der Waals surface area contributed by atoms with Gasteiger partial charge in [0.25, 0.3) is 11.7 Å². The molecule has 1 spiro atoms. The number of esters is 1. The van der Waals surface area contributed by atoms with Crippen molar-refractivity contribution in [1.29, 1.82) is 0 Å². The van der Waals surface area contributed by atoms with Gasteiger partial charge >= 0.3 is 11.8 Å². The number of aliphatic hydroxyl groups excluding tert-OH is 2. The maximum atomic E-state index is 14.7. The van der Waals surface area contributed by atoms with Crippen LogP contribution in [-0.4, -0.2) is 106 Å². The molecule has 0 aromatic heterocycles. The number of piperidine rings is 1. The standard InChI is InChI=1S/C45H60N4O11/c1-11-18-49-19-16-45(17-20-49)47-33-30-31-38(53)27(7)41-32(30)42(55)44(9,60-41)58-21-15-29(57-10)24(4)40(59-28(8)50)26(6)37(52)25(5)36(51)22(2)13-12-14-23(3)43(56)46-35(39(31)54)34(33)48-45/h12-15,21-22,24-26,29,36-37,40,51-54H,11,16-20H2,1-10H3,(H,46,56)/b13-12+,21-15+,23-14+/t22-,24+,25+,26+,29-,36-,37+,40+,44-/m0/s1. The molecule has 15 nitrogen and oxygen atoms in total. The van der Waals surface area contributed by atoms with Crippen LogP contribution in [0.4, 0.5) is 5.69 Å². The van der Waals surface area contributed by atoms with Gasteiger partial charge in [-0.3, -0.25) is 24.4 Å². The largest absolute Gasteiger partial charge is 0.507 e. The molecule has 0 saturated carbocycles. The third kappa shape index (κ3) is 8.04. The van der Waals surface area contributed by atoms with E-state index in [1.165, 1.54) is 27.2 Å². The minimum Gasteiger partial charge on any atom is -0.507 e. The van der Waals surface area contributed by atoms with Gasteiger partial charge < -0.3 is 49.6 Å². The molecule has 4 bridgehead atoms. The molecule has 0 unspecified atom stereocenters. The van der Waals surface area contributed by atoms with Crippen molar-refractivity contribution >= 4 is 34.1 Å². The van der Waals surface area contributed by atoms with E-state index in [9.17, 15) is 34.8 Å². The van der Waals surface area contributed by atoms with Gasteiger partial charge in [-0.25, -0.2) is 0 Å². The summed E-state index contributed by atoms with van der Waals surface area (Å²) >= 11 is 0. The highest BCUT2D eigenvalue weighted by Gasteiger charge is 2.50. The number of carbonyl (C=O) groups is 3. The predicted molar refractivity (Wildman–Crippen MR) is 223 cm³/mol. The second-order valence-electron chi connectivity index (χ2n) is 17.1. The van der Waals surface area contributed by atoms with Crippen molar-refractivity contribution in [2.75, 3.05) is 32.1 Å². The Hall–Kier alpha value is -4.83. The van der Waals surface area contributed by atoms with Gasteiger partial charge in [-0.05, 0) is 32.9 Å². The van der Waals surface area contributed by atoms with E-state index in [1.54, 1.807) is 65.8 Å². The van der Waals surface area contributed by atoms with Gasteiger partial charge in [0, 0.05) is 87.1 Å². The second-order valence-corrected chi connectivity index (χ2v) is 17.1. The smallest absolute Gasteiger partial charge is 0.312 e. The van der Waals surface area contributed by atoms with Crippen LogP contribution in [0.5, 0.6) is 17.2 Å². The number of hydrogen-bond acceptors (Lipinski definition) is 14. The van der Waals surface area contributed by atoms with Crippen molar-refractivity contribution in [3.05, 3.63) is 58.0 Å². The third-order valence-corrected chi connectivity index (χ3v) is 12.8. The molecular formula is C45H60N4O11. The van der Waals surface area contributed by atoms with Crippen molar-refractivity contribution in [1.82, 2.24) is 4.90 Å². The fraction of sp³-hybridized carbons (Fsp3) is 0.578. The summed E-state index contributed by atoms with van der Waals surface area (Å²) in [6.45, 7) is 17.3. The van der Waals surface area contributed by atoms with Crippen molar-refractivity contribution in [3.63, 3.8) is 0 Å². The Labute approximate surface area is 350 Å². The number of aromatic hydroxyl groups is 2. The van der Waals surface area contributed by atoms with Crippen LogP contribution >= 0.6 is 0 Å². The van der Waals surface area contributed by atoms with Crippen molar-refractivity contribution in [3.8, 4) is 17.2 Å². The van der Waals surface area contributed by atoms with E-state index >= 15 is 0 Å². The molecule has 326 valence electrons. The number of benzene rings is 2. The zero-order valence-corrected chi connectivity index (χ0v) is 36.2. The van der Waals surface area contributed by atoms with Crippen LogP contribution in [0.15, 0.2) is 46.1 Å². The van der Waals surface area contributed by atoms with Crippen molar-refractivity contribution in [2.24, 2.45) is 33.7 Å². The SMILES string of the molecule is CCCN1CCC2(CC1)N=c1c3c(O)c4c(O)c(C)c5c(c4c1=N2)C(=O)[C@@](C)(O/C=C/[C@H](OC)[C@@H](C)[C@@H](OC(C)=O)[C@H](C)[C@H](O)[C@H](C)[C@@H](O)[C@@H](C)/C=C/C=C(\C)C(=O)N3)O5. The average Bonchev–Trinajstić information content (AvgIpc) is 3.71. The van der Waals surface area contributed by atoms with Gasteiger partial charge in [0.2, 0.25) is 0 Å². The number of phenolic OH excluding ortho intramolecular Hbond substituents is 2. The Morgan fingerprint density at radius 2 is 1.63 bits per heavy atom. The van der Waals surface area contributed by atoms with Crippen LogP contribution in [0, 0.1) is 30.6 Å². The van der Waals surface area contributed by atoms with Crippen molar-refractivity contribution < 1.29 is 53.8 Å². The molecule has 15 heteroatoms. The van der Waals surface area contributed by atoms with Crippen LogP contribution in [0.25, 0.3) is 10.8 Å². The minimum absolute atomic E-state index is 0.0375. The topological polar surface area (TPSA) is 209 Å². The molecule has 9 atom stereocenters. The second kappa shape index (κ2) is 17.3. The monoisotopic (exact) mass is 832 g/mol. The van der Waals surface area contributed by atoms with Crippen molar-refractivity contribution in [2.45, 2.75) is 117 Å². The first kappa shape index (κ1) is 44.7. The van der Waals surface area contributed by atoms with Gasteiger partial charge in [0.1, 0.15) is 28.6 Å². The van der Waals surface area contributed by atoms with E-state index in [2.05, 4.69) is 17.1 Å². The number of nitrogens with one attached hydrogen (secondary N) is 1. The molecule has 1 saturated heterocycles. The lowest BCUT2D eigenvalue weighted by atomic mass is 9.78. The molecule has 1 fully saturated rings. The number of anilines is 1. The Morgan fingerprint density at radius 1 is 0.967 bits per heavy atom. The predicted octanol–water partition coefficient (Wildman–Crippen LogP) is 4.50. The quantitative estimate of drug-likeness (QED) is 0.213. The van der Waals surface area contributed by atoms with E-state index in [0.29, 0.717) is 25.9 Å². The summed E-state index contributed by atoms with van der Waals surface area (Å²) in [4.78, 5) is 53.5. The number of allylic oxidation sites excluding steroid dienone is 2. The van der Waals surface area contributed by atoms with Crippen LogP contribution < -0.4 is 20.8 Å². The highest BCUT2D eigenvalue weighted by Crippen LogP contribution is 2.50. The highest BCUT2D eigenvalue weighted by molar-refractivity contribution is 6.19. The summed E-state index contributed by atoms with van der Waals surface area (Å²) in [5.41, 5.74) is -0.557. The average molecular weight is 833 g/mol. The Bertz CT molecular complexity index is 2260. The molecule has 6 rings (SSSR count). The third-order valence-electron chi connectivity index (χ3n) is 12.8. The normalized spacial score (nSPS) is 32.9. The molecule has 60 heavy (non-hydrogen) atoms. The van der Waals surface area contributed by atoms with Crippen LogP contribution in [0.1, 0.15) is 90.6 Å². The maximum Gasteiger partial charge on any atom is 0.312 e. The Kier molecular flexibility index (Phi) is 12.9. The molecule has 4 aliphatic rings. The summed E-state index contributed by atoms with van der Waals surface area (Å²) in [5, 5.41) is 50.1. The molecule has 0 radical (unpaired) electrons. The fourth-order valence-corrected chi connectivity index (χ4v) is 9.04. The number of ketones is 1. The van der Waals surface area contributed by atoms with E-state index in [4.69, 9.17) is 28.9 Å². The van der Waals surface area contributed by atoms with Crippen LogP contribution in [0.3, 0.4) is 0 Å². The molecule has 5 N–H and O–H groups in total. The van der Waals surface area contributed by atoms with Crippen LogP contribution in [-0.2, 0) is 23.8 Å². The van der Waals surface area contributed by atoms with E-state index in [-0.39, 0.29) is 55.4 Å². The van der Waals surface area contributed by atoms with Gasteiger partial charge in [0.15, 0.2) is 11.4 Å². The van der Waals surface area contributed by atoms with E-state index in [1.807, 2.05) is 0 Å². The lowest BCUT2D eigenvalue weighted by Crippen LogP contribution is -2.46. The molecule has 2 aromatic carbocycles. The molecular weight excluding hydrogens is 773 g/mol. The van der Waals surface area contributed by atoms with Gasteiger partial charge in [-0.1, -0.05) is 52.8 Å². The number of nitrogens with zero attached hydrogens (tertiary/aromatic N) is 3. The lowest BCUT2D eigenvalue weighted by Gasteiger charge is -2.38.